The smallest absolute Gasteiger partial charge is 0.312 e. The molecule has 0 radical (unpaired) electrons. The van der Waals surface area contributed by atoms with Gasteiger partial charge in [-0.1, -0.05) is 24.3 Å². The van der Waals surface area contributed by atoms with Gasteiger partial charge in [-0.05, 0) is 19.4 Å². The van der Waals surface area contributed by atoms with E-state index in [1.807, 2.05) is 26.0 Å². The third-order valence-corrected chi connectivity index (χ3v) is 3.56. The Hall–Kier alpha value is -2.17. The number of piperazine rings is 1. The number of carbonyl (C=O) groups is 3. The molecule has 1 aromatic carbocycles. The first kappa shape index (κ1) is 14.2. The van der Waals surface area contributed by atoms with Crippen molar-refractivity contribution in [3.8, 4) is 0 Å². The number of benzene rings is 1. The van der Waals surface area contributed by atoms with E-state index >= 15 is 0 Å². The minimum atomic E-state index is -0.583. The van der Waals surface area contributed by atoms with E-state index < -0.39 is 11.8 Å². The monoisotopic (exact) mass is 274 g/mol. The van der Waals surface area contributed by atoms with Gasteiger partial charge < -0.3 is 9.80 Å². The van der Waals surface area contributed by atoms with Gasteiger partial charge in [-0.25, -0.2) is 0 Å². The summed E-state index contributed by atoms with van der Waals surface area (Å²) in [4.78, 5) is 38.8. The number of Topliss-reactive ketones (excluding diaryl/α,β-unsaturated/α-hetero) is 1. The number of hydrogen-bond donors (Lipinski definition) is 0. The normalized spacial score (nSPS) is 15.7. The van der Waals surface area contributed by atoms with Crippen LogP contribution in [0.3, 0.4) is 0 Å². The van der Waals surface area contributed by atoms with Gasteiger partial charge in [0.1, 0.15) is 0 Å². The zero-order chi connectivity index (χ0) is 14.7. The Kier molecular flexibility index (Phi) is 4.17. The fourth-order valence-corrected chi connectivity index (χ4v) is 2.31. The Bertz CT molecular complexity index is 554. The zero-order valence-corrected chi connectivity index (χ0v) is 11.8. The summed E-state index contributed by atoms with van der Waals surface area (Å²) in [5, 5.41) is 0. The highest BCUT2D eigenvalue weighted by Gasteiger charge is 2.32. The third kappa shape index (κ3) is 2.71. The highest BCUT2D eigenvalue weighted by atomic mass is 16.2. The number of likely N-dealkylation sites (N-methyl/N-ethyl adjacent to an activating group) is 1. The second kappa shape index (κ2) is 5.86. The summed E-state index contributed by atoms with van der Waals surface area (Å²) < 4.78 is 0. The lowest BCUT2D eigenvalue weighted by molar-refractivity contribution is -0.155. The fourth-order valence-electron chi connectivity index (χ4n) is 2.31. The van der Waals surface area contributed by atoms with Crippen LogP contribution in [-0.4, -0.2) is 53.6 Å². The molecule has 0 unspecified atom stereocenters. The largest absolute Gasteiger partial charge is 0.333 e. The van der Waals surface area contributed by atoms with Crippen molar-refractivity contribution >= 4 is 17.6 Å². The lowest BCUT2D eigenvalue weighted by Crippen LogP contribution is -2.55. The number of rotatable bonds is 4. The minimum absolute atomic E-state index is 0.0347. The highest BCUT2D eigenvalue weighted by molar-refractivity contribution is 6.35. The topological polar surface area (TPSA) is 57.7 Å². The lowest BCUT2D eigenvalue weighted by Gasteiger charge is -2.32. The van der Waals surface area contributed by atoms with Crippen molar-refractivity contribution < 1.29 is 14.4 Å². The molecule has 0 atom stereocenters. The molecule has 0 N–H and O–H groups in total. The number of aryl methyl sites for hydroxylation is 1. The van der Waals surface area contributed by atoms with Gasteiger partial charge in [0.15, 0.2) is 5.78 Å². The molecular weight excluding hydrogens is 256 g/mol. The standard InChI is InChI=1S/C15H18N2O3/c1-3-16-8-9-17(15(20)14(16)19)10-13(18)12-7-5-4-6-11(12)2/h4-7H,3,8-10H2,1-2H3. The second-order valence-corrected chi connectivity index (χ2v) is 4.85. The van der Waals surface area contributed by atoms with E-state index in [0.29, 0.717) is 25.2 Å². The number of amides is 2. The summed E-state index contributed by atoms with van der Waals surface area (Å²) >= 11 is 0. The van der Waals surface area contributed by atoms with Crippen molar-refractivity contribution in [2.45, 2.75) is 13.8 Å². The van der Waals surface area contributed by atoms with E-state index in [1.165, 1.54) is 9.80 Å². The van der Waals surface area contributed by atoms with Gasteiger partial charge in [-0.2, -0.15) is 0 Å². The number of hydrogen-bond acceptors (Lipinski definition) is 3. The van der Waals surface area contributed by atoms with Gasteiger partial charge in [0.05, 0.1) is 6.54 Å². The first-order valence-electron chi connectivity index (χ1n) is 6.71. The molecule has 1 saturated heterocycles. The molecule has 1 aromatic rings. The summed E-state index contributed by atoms with van der Waals surface area (Å²) in [5.74, 6) is -1.23. The maximum absolute atomic E-state index is 12.2. The van der Waals surface area contributed by atoms with E-state index in [4.69, 9.17) is 0 Å². The molecule has 2 rings (SSSR count). The summed E-state index contributed by atoms with van der Waals surface area (Å²) in [5.41, 5.74) is 1.48. The average molecular weight is 274 g/mol. The van der Waals surface area contributed by atoms with Gasteiger partial charge in [0.25, 0.3) is 0 Å². The first-order valence-corrected chi connectivity index (χ1v) is 6.71. The number of ketones is 1. The van der Waals surface area contributed by atoms with Crippen molar-refractivity contribution in [1.82, 2.24) is 9.80 Å². The maximum Gasteiger partial charge on any atom is 0.312 e. The van der Waals surface area contributed by atoms with E-state index in [-0.39, 0.29) is 12.3 Å². The Morgan fingerprint density at radius 2 is 1.70 bits per heavy atom. The molecule has 1 aliphatic rings. The van der Waals surface area contributed by atoms with E-state index in [0.717, 1.165) is 5.56 Å². The third-order valence-electron chi connectivity index (χ3n) is 3.56. The summed E-state index contributed by atoms with van der Waals surface area (Å²) in [7, 11) is 0. The lowest BCUT2D eigenvalue weighted by atomic mass is 10.0. The molecule has 0 aliphatic carbocycles. The molecule has 1 aliphatic heterocycles. The van der Waals surface area contributed by atoms with Crippen LogP contribution >= 0.6 is 0 Å². The van der Waals surface area contributed by atoms with E-state index in [9.17, 15) is 14.4 Å². The number of carbonyl (C=O) groups excluding carboxylic acids is 3. The molecule has 0 saturated carbocycles. The van der Waals surface area contributed by atoms with Crippen molar-refractivity contribution in [3.63, 3.8) is 0 Å². The van der Waals surface area contributed by atoms with Crippen LogP contribution in [-0.2, 0) is 9.59 Å². The number of nitrogens with zero attached hydrogens (tertiary/aromatic N) is 2. The van der Waals surface area contributed by atoms with Crippen molar-refractivity contribution in [1.29, 1.82) is 0 Å². The second-order valence-electron chi connectivity index (χ2n) is 4.85. The molecule has 0 bridgehead atoms. The van der Waals surface area contributed by atoms with Gasteiger partial charge in [0, 0.05) is 25.2 Å². The SMILES string of the molecule is CCN1CCN(CC(=O)c2ccccc2C)C(=O)C1=O. The Balaban J connectivity index is 2.08. The molecule has 2 amide bonds. The van der Waals surface area contributed by atoms with Crippen molar-refractivity contribution in [3.05, 3.63) is 35.4 Å². The predicted molar refractivity (Wildman–Crippen MR) is 74.3 cm³/mol. The molecule has 1 fully saturated rings. The Morgan fingerprint density at radius 1 is 1.10 bits per heavy atom. The van der Waals surface area contributed by atoms with E-state index in [2.05, 4.69) is 0 Å². The predicted octanol–water partition coefficient (Wildman–Crippen LogP) is 0.868. The Labute approximate surface area is 118 Å². The van der Waals surface area contributed by atoms with Crippen molar-refractivity contribution in [2.24, 2.45) is 0 Å². The first-order chi connectivity index (χ1) is 9.54. The van der Waals surface area contributed by atoms with Crippen LogP contribution in [0.2, 0.25) is 0 Å². The molecule has 0 aromatic heterocycles. The molecule has 5 nitrogen and oxygen atoms in total. The molecule has 0 spiro atoms. The summed E-state index contributed by atoms with van der Waals surface area (Å²) in [6.07, 6.45) is 0. The van der Waals surface area contributed by atoms with Crippen LogP contribution in [0, 0.1) is 6.92 Å². The van der Waals surface area contributed by atoms with Crippen LogP contribution in [0.15, 0.2) is 24.3 Å². The molecule has 1 heterocycles. The van der Waals surface area contributed by atoms with Crippen molar-refractivity contribution in [2.75, 3.05) is 26.2 Å². The molecule has 20 heavy (non-hydrogen) atoms. The average Bonchev–Trinajstić information content (AvgIpc) is 2.44. The highest BCUT2D eigenvalue weighted by Crippen LogP contribution is 2.11. The summed E-state index contributed by atoms with van der Waals surface area (Å²) in [6, 6.07) is 7.25. The molecule has 5 heteroatoms. The van der Waals surface area contributed by atoms with Crippen LogP contribution < -0.4 is 0 Å². The van der Waals surface area contributed by atoms with Crippen LogP contribution in [0.25, 0.3) is 0 Å². The van der Waals surface area contributed by atoms with Gasteiger partial charge in [-0.3, -0.25) is 14.4 Å². The summed E-state index contributed by atoms with van der Waals surface area (Å²) in [6.45, 7) is 5.07. The van der Waals surface area contributed by atoms with Crippen LogP contribution in [0.4, 0.5) is 0 Å². The fraction of sp³-hybridized carbons (Fsp3) is 0.400. The molecular formula is C15H18N2O3. The maximum atomic E-state index is 12.2. The van der Waals surface area contributed by atoms with Gasteiger partial charge in [-0.15, -0.1) is 0 Å². The van der Waals surface area contributed by atoms with E-state index in [1.54, 1.807) is 12.1 Å². The Morgan fingerprint density at radius 3 is 2.35 bits per heavy atom. The van der Waals surface area contributed by atoms with Crippen LogP contribution in [0.5, 0.6) is 0 Å². The van der Waals surface area contributed by atoms with Crippen LogP contribution in [0.1, 0.15) is 22.8 Å². The molecule has 106 valence electrons. The quantitative estimate of drug-likeness (QED) is 0.604. The zero-order valence-electron chi connectivity index (χ0n) is 11.8. The minimum Gasteiger partial charge on any atom is -0.333 e. The van der Waals surface area contributed by atoms with Gasteiger partial charge in [0.2, 0.25) is 0 Å². The van der Waals surface area contributed by atoms with Gasteiger partial charge >= 0.3 is 11.8 Å².